The number of carboxylic acid groups (broad SMARTS) is 1. The zero-order chi connectivity index (χ0) is 13.8. The normalized spacial score (nSPS) is 10.8. The van der Waals surface area contributed by atoms with Crippen molar-refractivity contribution in [1.82, 2.24) is 5.32 Å². The van der Waals surface area contributed by atoms with Gasteiger partial charge in [-0.1, -0.05) is 20.8 Å². The minimum Gasteiger partial charge on any atom is -0.478 e. The van der Waals surface area contributed by atoms with E-state index < -0.39 is 5.97 Å². The average molecular weight is 250 g/mol. The molecule has 0 aliphatic rings. The molecule has 5 heteroatoms. The summed E-state index contributed by atoms with van der Waals surface area (Å²) in [6.07, 6.45) is 0. The molecule has 1 aromatic rings. The first-order valence-corrected chi connectivity index (χ1v) is 5.66. The largest absolute Gasteiger partial charge is 0.478 e. The Morgan fingerprint density at radius 2 is 1.72 bits per heavy atom. The monoisotopic (exact) mass is 250 g/mol. The van der Waals surface area contributed by atoms with Crippen LogP contribution < -0.4 is 10.6 Å². The first-order chi connectivity index (χ1) is 8.28. The van der Waals surface area contributed by atoms with E-state index in [1.807, 2.05) is 20.8 Å². The number of carbonyl (C=O) groups is 2. The lowest BCUT2D eigenvalue weighted by Gasteiger charge is -2.18. The Kier molecular flexibility index (Phi) is 4.31. The van der Waals surface area contributed by atoms with E-state index in [9.17, 15) is 9.59 Å². The highest BCUT2D eigenvalue weighted by molar-refractivity contribution is 5.91. The summed E-state index contributed by atoms with van der Waals surface area (Å²) in [6.45, 7) is 6.63. The fraction of sp³-hybridized carbons (Fsp3) is 0.385. The van der Waals surface area contributed by atoms with E-state index in [0.29, 0.717) is 12.2 Å². The number of anilines is 1. The van der Waals surface area contributed by atoms with Crippen LogP contribution in [0.2, 0.25) is 0 Å². The van der Waals surface area contributed by atoms with Crippen LogP contribution in [-0.4, -0.2) is 23.7 Å². The van der Waals surface area contributed by atoms with E-state index in [1.54, 1.807) is 12.1 Å². The lowest BCUT2D eigenvalue weighted by molar-refractivity contribution is 0.0697. The quantitative estimate of drug-likeness (QED) is 0.771. The van der Waals surface area contributed by atoms with Crippen molar-refractivity contribution in [2.75, 3.05) is 11.9 Å². The van der Waals surface area contributed by atoms with Crippen LogP contribution in [0, 0.1) is 5.41 Å². The third-order valence-corrected chi connectivity index (χ3v) is 2.17. The molecule has 3 N–H and O–H groups in total. The Bertz CT molecular complexity index is 433. The molecule has 0 saturated carbocycles. The molecule has 18 heavy (non-hydrogen) atoms. The Morgan fingerprint density at radius 3 is 2.17 bits per heavy atom. The van der Waals surface area contributed by atoms with Crippen LogP contribution in [0.25, 0.3) is 0 Å². The van der Waals surface area contributed by atoms with E-state index in [0.717, 1.165) is 0 Å². The van der Waals surface area contributed by atoms with Gasteiger partial charge in [-0.05, 0) is 29.7 Å². The summed E-state index contributed by atoms with van der Waals surface area (Å²) >= 11 is 0. The highest BCUT2D eigenvalue weighted by Gasteiger charge is 2.11. The van der Waals surface area contributed by atoms with Crippen molar-refractivity contribution < 1.29 is 14.7 Å². The van der Waals surface area contributed by atoms with Crippen molar-refractivity contribution in [1.29, 1.82) is 0 Å². The number of nitrogens with one attached hydrogen (secondary N) is 2. The van der Waals surface area contributed by atoms with Gasteiger partial charge < -0.3 is 15.7 Å². The summed E-state index contributed by atoms with van der Waals surface area (Å²) in [5.41, 5.74) is 0.770. The van der Waals surface area contributed by atoms with Gasteiger partial charge in [0.25, 0.3) is 0 Å². The number of carboxylic acids is 1. The SMILES string of the molecule is CC(C)(C)CNC(=O)Nc1ccc(C(=O)O)cc1. The number of benzene rings is 1. The fourth-order valence-electron chi connectivity index (χ4n) is 1.22. The Hall–Kier alpha value is -2.04. The highest BCUT2D eigenvalue weighted by Crippen LogP contribution is 2.11. The summed E-state index contributed by atoms with van der Waals surface area (Å²) < 4.78 is 0. The first-order valence-electron chi connectivity index (χ1n) is 5.66. The second kappa shape index (κ2) is 5.53. The van der Waals surface area contributed by atoms with E-state index in [4.69, 9.17) is 5.11 Å². The maximum Gasteiger partial charge on any atom is 0.335 e. The van der Waals surface area contributed by atoms with Crippen molar-refractivity contribution >= 4 is 17.7 Å². The predicted octanol–water partition coefficient (Wildman–Crippen LogP) is 2.55. The van der Waals surface area contributed by atoms with Gasteiger partial charge in [0.05, 0.1) is 5.56 Å². The molecule has 0 bridgehead atoms. The van der Waals surface area contributed by atoms with Crippen LogP contribution >= 0.6 is 0 Å². The lowest BCUT2D eigenvalue weighted by atomic mass is 9.97. The minimum absolute atomic E-state index is 0.0184. The number of hydrogen-bond acceptors (Lipinski definition) is 2. The van der Waals surface area contributed by atoms with E-state index in [1.165, 1.54) is 12.1 Å². The molecule has 1 rings (SSSR count). The van der Waals surface area contributed by atoms with E-state index in [2.05, 4.69) is 10.6 Å². The van der Waals surface area contributed by atoms with Gasteiger partial charge in [0.1, 0.15) is 0 Å². The Morgan fingerprint density at radius 1 is 1.17 bits per heavy atom. The molecule has 0 heterocycles. The van der Waals surface area contributed by atoms with E-state index in [-0.39, 0.29) is 17.0 Å². The molecule has 5 nitrogen and oxygen atoms in total. The summed E-state index contributed by atoms with van der Waals surface area (Å²) in [5.74, 6) is -0.987. The third kappa shape index (κ3) is 4.86. The summed E-state index contributed by atoms with van der Waals surface area (Å²) in [5, 5.41) is 14.1. The van der Waals surface area contributed by atoms with Crippen LogP contribution in [0.4, 0.5) is 10.5 Å². The molecule has 1 aromatic carbocycles. The van der Waals surface area contributed by atoms with Crippen molar-refractivity contribution in [2.24, 2.45) is 5.41 Å². The number of amides is 2. The lowest BCUT2D eigenvalue weighted by Crippen LogP contribution is -2.35. The molecular formula is C13H18N2O3. The second-order valence-corrected chi connectivity index (χ2v) is 5.25. The summed E-state index contributed by atoms with van der Waals surface area (Å²) in [6, 6.07) is 5.71. The molecule has 98 valence electrons. The van der Waals surface area contributed by atoms with Crippen LogP contribution in [0.5, 0.6) is 0 Å². The van der Waals surface area contributed by atoms with Crippen molar-refractivity contribution in [3.05, 3.63) is 29.8 Å². The van der Waals surface area contributed by atoms with Crippen LogP contribution in [0.3, 0.4) is 0 Å². The van der Waals surface area contributed by atoms with E-state index >= 15 is 0 Å². The molecule has 2 amide bonds. The minimum atomic E-state index is -0.987. The van der Waals surface area contributed by atoms with Gasteiger partial charge in [-0.25, -0.2) is 9.59 Å². The molecule has 0 saturated heterocycles. The molecule has 0 atom stereocenters. The van der Waals surface area contributed by atoms with Crippen LogP contribution in [0.15, 0.2) is 24.3 Å². The zero-order valence-electron chi connectivity index (χ0n) is 10.8. The summed E-state index contributed by atoms with van der Waals surface area (Å²) in [7, 11) is 0. The van der Waals surface area contributed by atoms with Gasteiger partial charge in [-0.15, -0.1) is 0 Å². The van der Waals surface area contributed by atoms with Crippen molar-refractivity contribution in [3.8, 4) is 0 Å². The smallest absolute Gasteiger partial charge is 0.335 e. The predicted molar refractivity (Wildman–Crippen MR) is 69.9 cm³/mol. The molecule has 0 spiro atoms. The van der Waals surface area contributed by atoms with Crippen molar-refractivity contribution in [2.45, 2.75) is 20.8 Å². The molecule has 0 fully saturated rings. The maximum atomic E-state index is 11.5. The van der Waals surface area contributed by atoms with Gasteiger partial charge in [0, 0.05) is 12.2 Å². The topological polar surface area (TPSA) is 78.4 Å². The van der Waals surface area contributed by atoms with Crippen molar-refractivity contribution in [3.63, 3.8) is 0 Å². The number of carbonyl (C=O) groups excluding carboxylic acids is 1. The molecular weight excluding hydrogens is 232 g/mol. The average Bonchev–Trinajstić information content (AvgIpc) is 2.26. The van der Waals surface area contributed by atoms with Gasteiger partial charge in [-0.3, -0.25) is 0 Å². The number of urea groups is 1. The zero-order valence-corrected chi connectivity index (χ0v) is 10.8. The van der Waals surface area contributed by atoms with Gasteiger partial charge in [0.2, 0.25) is 0 Å². The van der Waals surface area contributed by atoms with Gasteiger partial charge in [0.15, 0.2) is 0 Å². The second-order valence-electron chi connectivity index (χ2n) is 5.25. The number of rotatable bonds is 3. The maximum absolute atomic E-state index is 11.5. The van der Waals surface area contributed by atoms with Crippen LogP contribution in [-0.2, 0) is 0 Å². The Balaban J connectivity index is 2.52. The third-order valence-electron chi connectivity index (χ3n) is 2.17. The number of hydrogen-bond donors (Lipinski definition) is 3. The molecule has 0 aromatic heterocycles. The van der Waals surface area contributed by atoms with Gasteiger partial charge in [-0.2, -0.15) is 0 Å². The molecule has 0 aliphatic heterocycles. The summed E-state index contributed by atoms with van der Waals surface area (Å²) in [4.78, 5) is 22.2. The number of aromatic carboxylic acids is 1. The molecule has 0 radical (unpaired) electrons. The Labute approximate surface area is 106 Å². The first kappa shape index (κ1) is 14.0. The van der Waals surface area contributed by atoms with Crippen LogP contribution in [0.1, 0.15) is 31.1 Å². The molecule has 0 unspecified atom stereocenters. The standard InChI is InChI=1S/C13H18N2O3/c1-13(2,3)8-14-12(18)15-10-6-4-9(5-7-10)11(16)17/h4-7H,8H2,1-3H3,(H,16,17)(H2,14,15,18). The highest BCUT2D eigenvalue weighted by atomic mass is 16.4. The fourth-order valence-corrected chi connectivity index (χ4v) is 1.22. The van der Waals surface area contributed by atoms with Gasteiger partial charge >= 0.3 is 12.0 Å². The molecule has 0 aliphatic carbocycles.